The quantitative estimate of drug-likeness (QED) is 0.615. The predicted octanol–water partition coefficient (Wildman–Crippen LogP) is 0.358. The molecule has 0 spiro atoms. The van der Waals surface area contributed by atoms with Crippen molar-refractivity contribution in [1.82, 2.24) is 15.3 Å². The smallest absolute Gasteiger partial charge is 0.141 e. The molecule has 0 bridgehead atoms. The van der Waals surface area contributed by atoms with Crippen LogP contribution in [0.4, 0.5) is 0 Å². The van der Waals surface area contributed by atoms with Gasteiger partial charge in [-0.1, -0.05) is 0 Å². The topological polar surface area (TPSA) is 37.8 Å². The van der Waals surface area contributed by atoms with Crippen LogP contribution in [0.2, 0.25) is 0 Å². The molecule has 1 rings (SSSR count). The van der Waals surface area contributed by atoms with Crippen LogP contribution in [0.3, 0.4) is 0 Å². The zero-order valence-electron chi connectivity index (χ0n) is 5.04. The minimum atomic E-state index is 0.626. The van der Waals surface area contributed by atoms with E-state index in [4.69, 9.17) is 0 Å². The Hall–Kier alpha value is -0.960. The SMILES string of the molecule is [CH2]NCc1ncccn1. The second-order valence-corrected chi connectivity index (χ2v) is 1.59. The van der Waals surface area contributed by atoms with Gasteiger partial charge in [-0.3, -0.25) is 0 Å². The van der Waals surface area contributed by atoms with Gasteiger partial charge in [0.15, 0.2) is 0 Å². The van der Waals surface area contributed by atoms with Crippen LogP contribution in [-0.2, 0) is 6.54 Å². The van der Waals surface area contributed by atoms with Crippen molar-refractivity contribution in [2.75, 3.05) is 0 Å². The zero-order chi connectivity index (χ0) is 6.53. The first-order valence-electron chi connectivity index (χ1n) is 2.69. The van der Waals surface area contributed by atoms with Crippen LogP contribution in [-0.4, -0.2) is 9.97 Å². The molecule has 0 fully saturated rings. The van der Waals surface area contributed by atoms with E-state index in [0.717, 1.165) is 5.82 Å². The van der Waals surface area contributed by atoms with Crippen LogP contribution in [0.25, 0.3) is 0 Å². The van der Waals surface area contributed by atoms with Gasteiger partial charge in [-0.25, -0.2) is 9.97 Å². The van der Waals surface area contributed by atoms with Crippen molar-refractivity contribution in [2.45, 2.75) is 6.54 Å². The van der Waals surface area contributed by atoms with E-state index in [1.165, 1.54) is 0 Å². The molecule has 0 saturated heterocycles. The fraction of sp³-hybridized carbons (Fsp3) is 0.167. The van der Waals surface area contributed by atoms with Gasteiger partial charge in [0.25, 0.3) is 0 Å². The minimum Gasteiger partial charge on any atom is -0.309 e. The summed E-state index contributed by atoms with van der Waals surface area (Å²) in [5, 5.41) is 2.71. The summed E-state index contributed by atoms with van der Waals surface area (Å²) in [6, 6.07) is 1.78. The Kier molecular flexibility index (Phi) is 2.15. The average molecular weight is 122 g/mol. The largest absolute Gasteiger partial charge is 0.309 e. The first-order chi connectivity index (χ1) is 4.43. The minimum absolute atomic E-state index is 0.626. The van der Waals surface area contributed by atoms with Crippen molar-refractivity contribution in [3.05, 3.63) is 31.3 Å². The molecule has 0 atom stereocenters. The van der Waals surface area contributed by atoms with E-state index in [9.17, 15) is 0 Å². The maximum atomic E-state index is 3.95. The van der Waals surface area contributed by atoms with E-state index in [0.29, 0.717) is 6.54 Å². The van der Waals surface area contributed by atoms with Crippen molar-refractivity contribution in [2.24, 2.45) is 0 Å². The van der Waals surface area contributed by atoms with E-state index in [1.54, 1.807) is 18.5 Å². The van der Waals surface area contributed by atoms with E-state index in [-0.39, 0.29) is 0 Å². The van der Waals surface area contributed by atoms with E-state index in [1.807, 2.05) is 0 Å². The molecule has 0 aliphatic heterocycles. The van der Waals surface area contributed by atoms with Crippen molar-refractivity contribution < 1.29 is 0 Å². The highest BCUT2D eigenvalue weighted by Gasteiger charge is 1.87. The highest BCUT2D eigenvalue weighted by atomic mass is 14.9. The maximum absolute atomic E-state index is 3.95. The van der Waals surface area contributed by atoms with E-state index >= 15 is 0 Å². The molecule has 1 heterocycles. The number of nitrogens with one attached hydrogen (secondary N) is 1. The zero-order valence-corrected chi connectivity index (χ0v) is 5.04. The van der Waals surface area contributed by atoms with Crippen molar-refractivity contribution >= 4 is 0 Å². The Balaban J connectivity index is 2.61. The van der Waals surface area contributed by atoms with Gasteiger partial charge in [-0.05, 0) is 6.07 Å². The van der Waals surface area contributed by atoms with Crippen LogP contribution in [0.5, 0.6) is 0 Å². The Morgan fingerprint density at radius 1 is 1.44 bits per heavy atom. The predicted molar refractivity (Wildman–Crippen MR) is 34.2 cm³/mol. The Morgan fingerprint density at radius 2 is 2.11 bits per heavy atom. The summed E-state index contributed by atoms with van der Waals surface area (Å²) in [7, 11) is 3.45. The third-order valence-electron chi connectivity index (χ3n) is 0.902. The highest BCUT2D eigenvalue weighted by molar-refractivity contribution is 4.87. The van der Waals surface area contributed by atoms with Gasteiger partial charge >= 0.3 is 0 Å². The average Bonchev–Trinajstić information content (AvgIpc) is 1.91. The number of hydrogen-bond acceptors (Lipinski definition) is 3. The Morgan fingerprint density at radius 3 is 2.67 bits per heavy atom. The maximum Gasteiger partial charge on any atom is 0.141 e. The van der Waals surface area contributed by atoms with Crippen molar-refractivity contribution in [3.63, 3.8) is 0 Å². The molecule has 0 aromatic carbocycles. The lowest BCUT2D eigenvalue weighted by atomic mass is 10.5. The molecule has 0 unspecified atom stereocenters. The van der Waals surface area contributed by atoms with Gasteiger partial charge < -0.3 is 5.32 Å². The molecular weight excluding hydrogens is 114 g/mol. The molecule has 3 heteroatoms. The van der Waals surface area contributed by atoms with E-state index in [2.05, 4.69) is 22.3 Å². The molecule has 47 valence electrons. The van der Waals surface area contributed by atoms with Crippen LogP contribution in [0, 0.1) is 7.05 Å². The lowest BCUT2D eigenvalue weighted by Crippen LogP contribution is -2.05. The summed E-state index contributed by atoms with van der Waals surface area (Å²) >= 11 is 0. The Bertz CT molecular complexity index is 161. The Labute approximate surface area is 54.2 Å². The summed E-state index contributed by atoms with van der Waals surface area (Å²) in [5.74, 6) is 0.771. The number of nitrogens with zero attached hydrogens (tertiary/aromatic N) is 2. The fourth-order valence-electron chi connectivity index (χ4n) is 0.533. The molecule has 9 heavy (non-hydrogen) atoms. The summed E-state index contributed by atoms with van der Waals surface area (Å²) in [6.45, 7) is 0.626. The van der Waals surface area contributed by atoms with Gasteiger partial charge in [-0.15, -0.1) is 0 Å². The first kappa shape index (κ1) is 6.16. The fourth-order valence-corrected chi connectivity index (χ4v) is 0.533. The normalized spacial score (nSPS) is 9.44. The van der Waals surface area contributed by atoms with Gasteiger partial charge in [0, 0.05) is 19.4 Å². The monoisotopic (exact) mass is 122 g/mol. The summed E-state index contributed by atoms with van der Waals surface area (Å²) in [4.78, 5) is 7.91. The second kappa shape index (κ2) is 3.14. The first-order valence-corrected chi connectivity index (χ1v) is 2.69. The summed E-state index contributed by atoms with van der Waals surface area (Å²) < 4.78 is 0. The van der Waals surface area contributed by atoms with Gasteiger partial charge in [-0.2, -0.15) is 0 Å². The molecule has 0 amide bonds. The molecule has 1 aromatic heterocycles. The molecule has 1 radical (unpaired) electrons. The van der Waals surface area contributed by atoms with Crippen LogP contribution in [0.15, 0.2) is 18.5 Å². The molecule has 0 saturated carbocycles. The van der Waals surface area contributed by atoms with Gasteiger partial charge in [0.2, 0.25) is 0 Å². The highest BCUT2D eigenvalue weighted by Crippen LogP contribution is 1.83. The molecule has 3 nitrogen and oxygen atoms in total. The van der Waals surface area contributed by atoms with Crippen molar-refractivity contribution in [1.29, 1.82) is 0 Å². The van der Waals surface area contributed by atoms with Crippen LogP contribution >= 0.6 is 0 Å². The number of aromatic nitrogens is 2. The number of rotatable bonds is 2. The number of hydrogen-bond donors (Lipinski definition) is 1. The van der Waals surface area contributed by atoms with Gasteiger partial charge in [0.05, 0.1) is 6.54 Å². The van der Waals surface area contributed by atoms with Crippen LogP contribution < -0.4 is 5.32 Å². The molecule has 1 N–H and O–H groups in total. The van der Waals surface area contributed by atoms with Crippen LogP contribution in [0.1, 0.15) is 5.82 Å². The molecular formula is C6H8N3. The van der Waals surface area contributed by atoms with E-state index < -0.39 is 0 Å². The lowest BCUT2D eigenvalue weighted by Gasteiger charge is -1.93. The van der Waals surface area contributed by atoms with Crippen molar-refractivity contribution in [3.8, 4) is 0 Å². The standard InChI is InChI=1S/C6H8N3/c1-7-5-6-8-3-2-4-9-6/h2-4,7H,1,5H2. The summed E-state index contributed by atoms with van der Waals surface area (Å²) in [6.07, 6.45) is 3.42. The molecule has 0 aliphatic carbocycles. The summed E-state index contributed by atoms with van der Waals surface area (Å²) in [5.41, 5.74) is 0. The van der Waals surface area contributed by atoms with Gasteiger partial charge in [0.1, 0.15) is 5.82 Å². The third kappa shape index (κ3) is 1.77. The molecule has 0 aliphatic rings. The lowest BCUT2D eigenvalue weighted by molar-refractivity contribution is 0.791. The second-order valence-electron chi connectivity index (χ2n) is 1.59. The third-order valence-corrected chi connectivity index (χ3v) is 0.902. The molecule has 1 aromatic rings.